The molecule has 2 heterocycles. The molecule has 0 aliphatic heterocycles. The fourth-order valence-corrected chi connectivity index (χ4v) is 4.65. The molecular formula is C28H20N2O2SZn. The fourth-order valence-electron chi connectivity index (χ4n) is 3.65. The van der Waals surface area contributed by atoms with Gasteiger partial charge in [-0.25, -0.2) is 4.98 Å². The van der Waals surface area contributed by atoms with Crippen LogP contribution < -0.4 is 0 Å². The van der Waals surface area contributed by atoms with Crippen LogP contribution in [0.2, 0.25) is 0 Å². The number of benzene rings is 4. The predicted molar refractivity (Wildman–Crippen MR) is 136 cm³/mol. The Labute approximate surface area is 214 Å². The molecule has 0 radical (unpaired) electrons. The second-order valence-electron chi connectivity index (χ2n) is 7.40. The van der Waals surface area contributed by atoms with Crippen molar-refractivity contribution in [3.8, 4) is 33.3 Å². The number of aromatic nitrogens is 2. The molecule has 2 N–H and O–H groups in total. The molecule has 0 aliphatic rings. The van der Waals surface area contributed by atoms with E-state index in [1.165, 1.54) is 0 Å². The zero-order valence-electron chi connectivity index (χ0n) is 18.3. The van der Waals surface area contributed by atoms with Crippen molar-refractivity contribution in [1.82, 2.24) is 9.97 Å². The van der Waals surface area contributed by atoms with Gasteiger partial charge in [0.25, 0.3) is 0 Å². The number of hydrogen-bond acceptors (Lipinski definition) is 5. The summed E-state index contributed by atoms with van der Waals surface area (Å²) in [5.74, 6) is 0.540. The van der Waals surface area contributed by atoms with E-state index in [4.69, 9.17) is 0 Å². The number of nitrogens with zero attached hydrogens (tertiary/aromatic N) is 2. The summed E-state index contributed by atoms with van der Waals surface area (Å²) in [4.78, 5) is 8.88. The Balaban J connectivity index is 0.000000157. The molecule has 4 nitrogen and oxygen atoms in total. The maximum Gasteiger partial charge on any atom is 0.128 e. The monoisotopic (exact) mass is 512 g/mol. The molecule has 0 spiro atoms. The molecule has 0 saturated carbocycles. The van der Waals surface area contributed by atoms with Crippen LogP contribution in [0, 0.1) is 0 Å². The first kappa shape index (κ1) is 23.6. The third kappa shape index (κ3) is 4.84. The number of phenolic OH excluding ortho intramolecular Hbond substituents is 2. The van der Waals surface area contributed by atoms with Crippen LogP contribution in [-0.4, -0.2) is 20.2 Å². The molecule has 0 unspecified atom stereocenters. The van der Waals surface area contributed by atoms with E-state index >= 15 is 0 Å². The molecule has 34 heavy (non-hydrogen) atoms. The predicted octanol–water partition coefficient (Wildman–Crippen LogP) is 7.27. The van der Waals surface area contributed by atoms with Gasteiger partial charge in [-0.15, -0.1) is 11.3 Å². The number of aromatic hydroxyl groups is 2. The number of fused-ring (bicyclic) bond motifs is 2. The quantitative estimate of drug-likeness (QED) is 0.239. The van der Waals surface area contributed by atoms with E-state index in [1.807, 2.05) is 91.0 Å². The molecule has 162 valence electrons. The molecule has 6 rings (SSSR count). The molecule has 0 saturated heterocycles. The van der Waals surface area contributed by atoms with Gasteiger partial charge < -0.3 is 10.2 Å². The fraction of sp³-hybridized carbons (Fsp3) is 0. The molecule has 4 aromatic carbocycles. The molecule has 0 atom stereocenters. The van der Waals surface area contributed by atoms with Crippen molar-refractivity contribution in [2.24, 2.45) is 0 Å². The maximum atomic E-state index is 9.88. The van der Waals surface area contributed by atoms with Gasteiger partial charge >= 0.3 is 0 Å². The molecule has 0 aliphatic carbocycles. The van der Waals surface area contributed by atoms with E-state index < -0.39 is 0 Å². The second kappa shape index (κ2) is 10.6. The van der Waals surface area contributed by atoms with Crippen molar-refractivity contribution in [2.75, 3.05) is 0 Å². The van der Waals surface area contributed by atoms with Gasteiger partial charge in [0, 0.05) is 36.6 Å². The average molecular weight is 514 g/mol. The third-order valence-electron chi connectivity index (χ3n) is 5.26. The van der Waals surface area contributed by atoms with Gasteiger partial charge in [0.1, 0.15) is 16.5 Å². The number of para-hydroxylation sites is 3. The summed E-state index contributed by atoms with van der Waals surface area (Å²) in [5, 5.41) is 22.7. The van der Waals surface area contributed by atoms with Gasteiger partial charge in [0.15, 0.2) is 0 Å². The van der Waals surface area contributed by atoms with E-state index in [0.29, 0.717) is 0 Å². The van der Waals surface area contributed by atoms with Gasteiger partial charge in [-0.2, -0.15) is 0 Å². The van der Waals surface area contributed by atoms with E-state index in [2.05, 4.69) is 9.97 Å². The number of thiazole rings is 1. The summed E-state index contributed by atoms with van der Waals surface area (Å²) in [6.45, 7) is 0. The van der Waals surface area contributed by atoms with Crippen LogP contribution in [0.4, 0.5) is 0 Å². The van der Waals surface area contributed by atoms with Crippen molar-refractivity contribution in [3.05, 3.63) is 109 Å². The minimum atomic E-state index is 0. The summed E-state index contributed by atoms with van der Waals surface area (Å²) in [6.07, 6.45) is 1.77. The maximum absolute atomic E-state index is 9.88. The van der Waals surface area contributed by atoms with Crippen molar-refractivity contribution >= 4 is 32.3 Å². The van der Waals surface area contributed by atoms with Crippen molar-refractivity contribution in [1.29, 1.82) is 0 Å². The first-order chi connectivity index (χ1) is 16.2. The van der Waals surface area contributed by atoms with Crippen LogP contribution in [-0.2, 0) is 19.5 Å². The van der Waals surface area contributed by atoms with Gasteiger partial charge in [-0.05, 0) is 47.9 Å². The Morgan fingerprint density at radius 1 is 0.618 bits per heavy atom. The Hall–Kier alpha value is -3.60. The van der Waals surface area contributed by atoms with E-state index in [1.54, 1.807) is 29.7 Å². The van der Waals surface area contributed by atoms with Crippen LogP contribution in [0.25, 0.3) is 42.8 Å². The van der Waals surface area contributed by atoms with E-state index in [-0.39, 0.29) is 31.0 Å². The Morgan fingerprint density at radius 2 is 1.24 bits per heavy atom. The average Bonchev–Trinajstić information content (AvgIpc) is 3.29. The van der Waals surface area contributed by atoms with Crippen LogP contribution in [0.3, 0.4) is 0 Å². The number of phenols is 2. The summed E-state index contributed by atoms with van der Waals surface area (Å²) in [5.41, 5.74) is 3.36. The molecule has 0 bridgehead atoms. The summed E-state index contributed by atoms with van der Waals surface area (Å²) in [6, 6.07) is 32.5. The molecular weight excluding hydrogens is 494 g/mol. The molecule has 2 aromatic heterocycles. The van der Waals surface area contributed by atoms with Gasteiger partial charge in [-0.1, -0.05) is 60.7 Å². The van der Waals surface area contributed by atoms with Gasteiger partial charge in [0.2, 0.25) is 0 Å². The Kier molecular flexibility index (Phi) is 7.31. The van der Waals surface area contributed by atoms with Gasteiger partial charge in [-0.3, -0.25) is 4.98 Å². The van der Waals surface area contributed by atoms with Crippen molar-refractivity contribution in [2.45, 2.75) is 0 Å². The summed E-state index contributed by atoms with van der Waals surface area (Å²) in [7, 11) is 0. The number of pyridine rings is 1. The number of hydrogen-bond donors (Lipinski definition) is 2. The summed E-state index contributed by atoms with van der Waals surface area (Å²) >= 11 is 1.59. The van der Waals surface area contributed by atoms with E-state index in [0.717, 1.165) is 42.8 Å². The zero-order valence-corrected chi connectivity index (χ0v) is 22.1. The molecule has 0 fully saturated rings. The van der Waals surface area contributed by atoms with E-state index in [9.17, 15) is 10.2 Å². The topological polar surface area (TPSA) is 66.2 Å². The third-order valence-corrected chi connectivity index (χ3v) is 6.33. The van der Waals surface area contributed by atoms with Crippen molar-refractivity contribution < 1.29 is 29.7 Å². The first-order valence-corrected chi connectivity index (χ1v) is 11.3. The Morgan fingerprint density at radius 3 is 1.97 bits per heavy atom. The van der Waals surface area contributed by atoms with Crippen LogP contribution >= 0.6 is 11.3 Å². The SMILES string of the molecule is Oc1ccccc1-c1nc2ccccc2s1.Oc1ccccc1-c1nccc2ccccc12.[Zn]. The van der Waals surface area contributed by atoms with Gasteiger partial charge in [0.05, 0.1) is 21.5 Å². The van der Waals surface area contributed by atoms with Crippen LogP contribution in [0.5, 0.6) is 11.5 Å². The van der Waals surface area contributed by atoms with Crippen LogP contribution in [0.15, 0.2) is 109 Å². The standard InChI is InChI=1S/C15H11NO.C13H9NOS.Zn/c17-14-8-4-3-7-13(14)15-12-6-2-1-5-11(12)9-10-16-15;15-11-7-3-1-5-9(11)13-14-10-6-2-4-8-12(10)16-13;/h1-10,17H;1-8,15H;. The second-order valence-corrected chi connectivity index (χ2v) is 8.43. The normalized spacial score (nSPS) is 10.4. The van der Waals surface area contributed by atoms with Crippen molar-refractivity contribution in [3.63, 3.8) is 0 Å². The minimum absolute atomic E-state index is 0. The minimum Gasteiger partial charge on any atom is -0.507 e. The molecule has 6 heteroatoms. The largest absolute Gasteiger partial charge is 0.507 e. The number of rotatable bonds is 2. The molecule has 6 aromatic rings. The van der Waals surface area contributed by atoms with Crippen LogP contribution in [0.1, 0.15) is 0 Å². The summed E-state index contributed by atoms with van der Waals surface area (Å²) < 4.78 is 1.14. The first-order valence-electron chi connectivity index (χ1n) is 10.5. The smallest absolute Gasteiger partial charge is 0.128 e. The zero-order chi connectivity index (χ0) is 22.6. The Bertz CT molecular complexity index is 1530. The molecule has 0 amide bonds.